The third-order valence-electron chi connectivity index (χ3n) is 3.75. The molecule has 1 aliphatic carbocycles. The van der Waals surface area contributed by atoms with E-state index in [0.717, 1.165) is 19.3 Å². The smallest absolute Gasteiger partial charge is 0.406 e. The maximum absolute atomic E-state index is 12.1. The van der Waals surface area contributed by atoms with Crippen molar-refractivity contribution >= 4 is 17.6 Å². The van der Waals surface area contributed by atoms with Crippen molar-refractivity contribution in [3.8, 4) is 5.75 Å². The Labute approximate surface area is 143 Å². The third kappa shape index (κ3) is 6.90. The summed E-state index contributed by atoms with van der Waals surface area (Å²) in [4.78, 5) is 15.7. The van der Waals surface area contributed by atoms with Crippen LogP contribution in [-0.4, -0.2) is 31.3 Å². The number of guanidine groups is 1. The Bertz CT molecular complexity index is 598. The minimum Gasteiger partial charge on any atom is -0.406 e. The number of alkyl halides is 3. The summed E-state index contributed by atoms with van der Waals surface area (Å²) in [6.45, 7) is 0.967. The molecule has 1 aliphatic rings. The van der Waals surface area contributed by atoms with Crippen molar-refractivity contribution in [1.82, 2.24) is 5.32 Å². The van der Waals surface area contributed by atoms with E-state index in [2.05, 4.69) is 20.4 Å². The van der Waals surface area contributed by atoms with Crippen LogP contribution >= 0.6 is 0 Å². The van der Waals surface area contributed by atoms with Gasteiger partial charge in [0.25, 0.3) is 0 Å². The molecule has 2 rings (SSSR count). The van der Waals surface area contributed by atoms with Crippen molar-refractivity contribution in [1.29, 1.82) is 0 Å². The lowest BCUT2D eigenvalue weighted by atomic mass is 9.85. The molecule has 0 atom stereocenters. The lowest BCUT2D eigenvalue weighted by molar-refractivity contribution is -0.274. The number of hydrogen-bond acceptors (Lipinski definition) is 3. The molecule has 0 spiro atoms. The van der Waals surface area contributed by atoms with Gasteiger partial charge < -0.3 is 21.1 Å². The Kier molecular flexibility index (Phi) is 6.49. The zero-order valence-corrected chi connectivity index (χ0v) is 13.6. The highest BCUT2D eigenvalue weighted by Crippen LogP contribution is 2.26. The number of hydrogen-bond donors (Lipinski definition) is 3. The van der Waals surface area contributed by atoms with Crippen LogP contribution in [-0.2, 0) is 4.79 Å². The molecule has 25 heavy (non-hydrogen) atoms. The van der Waals surface area contributed by atoms with Crippen molar-refractivity contribution in [2.45, 2.75) is 32.0 Å². The van der Waals surface area contributed by atoms with Gasteiger partial charge in [-0.3, -0.25) is 9.79 Å². The van der Waals surface area contributed by atoms with Gasteiger partial charge in [0.15, 0.2) is 5.96 Å². The highest BCUT2D eigenvalue weighted by atomic mass is 19.4. The van der Waals surface area contributed by atoms with E-state index in [9.17, 15) is 18.0 Å². The molecule has 1 amide bonds. The molecule has 138 valence electrons. The lowest BCUT2D eigenvalue weighted by Gasteiger charge is -2.23. The molecule has 6 nitrogen and oxygen atoms in total. The Morgan fingerprint density at radius 3 is 2.52 bits per heavy atom. The summed E-state index contributed by atoms with van der Waals surface area (Å²) in [7, 11) is 0. The fourth-order valence-corrected chi connectivity index (χ4v) is 2.23. The van der Waals surface area contributed by atoms with E-state index in [1.165, 1.54) is 24.3 Å². The van der Waals surface area contributed by atoms with E-state index in [0.29, 0.717) is 25.2 Å². The van der Waals surface area contributed by atoms with E-state index in [1.807, 2.05) is 0 Å². The third-order valence-corrected chi connectivity index (χ3v) is 3.75. The number of ether oxygens (including phenoxy) is 1. The van der Waals surface area contributed by atoms with E-state index in [-0.39, 0.29) is 23.5 Å². The van der Waals surface area contributed by atoms with Crippen LogP contribution in [0.25, 0.3) is 0 Å². The Balaban J connectivity index is 1.67. The van der Waals surface area contributed by atoms with E-state index in [4.69, 9.17) is 5.73 Å². The van der Waals surface area contributed by atoms with Crippen molar-refractivity contribution in [3.63, 3.8) is 0 Å². The first-order valence-electron chi connectivity index (χ1n) is 8.04. The number of benzene rings is 1. The Morgan fingerprint density at radius 1 is 1.28 bits per heavy atom. The molecule has 0 heterocycles. The first kappa shape index (κ1) is 18.9. The SMILES string of the molecule is NC(=NCCCNC(=O)C1CCC1)Nc1ccc(OC(F)(F)F)cc1. The lowest BCUT2D eigenvalue weighted by Crippen LogP contribution is -2.35. The number of halogens is 3. The van der Waals surface area contributed by atoms with Crippen LogP contribution < -0.4 is 21.1 Å². The van der Waals surface area contributed by atoms with Gasteiger partial charge in [-0.1, -0.05) is 6.42 Å². The molecule has 0 bridgehead atoms. The van der Waals surface area contributed by atoms with E-state index < -0.39 is 6.36 Å². The minimum atomic E-state index is -4.72. The summed E-state index contributed by atoms with van der Waals surface area (Å²) >= 11 is 0. The number of anilines is 1. The average molecular weight is 358 g/mol. The van der Waals surface area contributed by atoms with Gasteiger partial charge in [0.2, 0.25) is 5.91 Å². The molecule has 1 saturated carbocycles. The summed E-state index contributed by atoms with van der Waals surface area (Å²) in [5.41, 5.74) is 6.20. The largest absolute Gasteiger partial charge is 0.573 e. The fraction of sp³-hybridized carbons (Fsp3) is 0.500. The van der Waals surface area contributed by atoms with Gasteiger partial charge in [0, 0.05) is 24.7 Å². The van der Waals surface area contributed by atoms with Crippen LogP contribution in [0, 0.1) is 5.92 Å². The van der Waals surface area contributed by atoms with Gasteiger partial charge in [-0.05, 0) is 43.5 Å². The fourth-order valence-electron chi connectivity index (χ4n) is 2.23. The van der Waals surface area contributed by atoms with Crippen molar-refractivity contribution in [3.05, 3.63) is 24.3 Å². The topological polar surface area (TPSA) is 88.7 Å². The zero-order chi connectivity index (χ0) is 18.3. The second kappa shape index (κ2) is 8.59. The number of carbonyl (C=O) groups is 1. The predicted molar refractivity (Wildman–Crippen MR) is 88.2 cm³/mol. The zero-order valence-electron chi connectivity index (χ0n) is 13.6. The summed E-state index contributed by atoms with van der Waals surface area (Å²) in [6, 6.07) is 5.17. The normalized spacial score (nSPS) is 15.4. The quantitative estimate of drug-likeness (QED) is 0.397. The van der Waals surface area contributed by atoms with Gasteiger partial charge in [0.05, 0.1) is 0 Å². The summed E-state index contributed by atoms with van der Waals surface area (Å²) in [5.74, 6) is 0.104. The van der Waals surface area contributed by atoms with Crippen LogP contribution in [0.15, 0.2) is 29.3 Å². The van der Waals surface area contributed by atoms with Gasteiger partial charge in [-0.25, -0.2) is 0 Å². The van der Waals surface area contributed by atoms with Crippen LogP contribution in [0.1, 0.15) is 25.7 Å². The molecular weight excluding hydrogens is 337 g/mol. The number of aliphatic imine (C=N–C) groups is 1. The van der Waals surface area contributed by atoms with Crippen LogP contribution in [0.2, 0.25) is 0 Å². The summed E-state index contributed by atoms with van der Waals surface area (Å²) in [5, 5.41) is 5.63. The van der Waals surface area contributed by atoms with Crippen molar-refractivity contribution in [2.75, 3.05) is 18.4 Å². The van der Waals surface area contributed by atoms with Crippen molar-refractivity contribution < 1.29 is 22.7 Å². The molecular formula is C16H21F3N4O2. The highest BCUT2D eigenvalue weighted by molar-refractivity contribution is 5.92. The molecule has 0 radical (unpaired) electrons. The second-order valence-electron chi connectivity index (χ2n) is 5.74. The number of amides is 1. The van der Waals surface area contributed by atoms with Gasteiger partial charge in [-0.2, -0.15) is 0 Å². The number of nitrogens with one attached hydrogen (secondary N) is 2. The van der Waals surface area contributed by atoms with E-state index in [1.54, 1.807) is 0 Å². The first-order chi connectivity index (χ1) is 11.8. The second-order valence-corrected chi connectivity index (χ2v) is 5.74. The van der Waals surface area contributed by atoms with E-state index >= 15 is 0 Å². The van der Waals surface area contributed by atoms with Crippen LogP contribution in [0.3, 0.4) is 0 Å². The molecule has 9 heteroatoms. The monoisotopic (exact) mass is 358 g/mol. The minimum absolute atomic E-state index is 0.0995. The Morgan fingerprint density at radius 2 is 1.96 bits per heavy atom. The standard InChI is InChI=1S/C16H21F3N4O2/c17-16(18,19)25-13-7-5-12(6-8-13)23-15(20)22-10-2-9-21-14(24)11-3-1-4-11/h5-8,11H,1-4,9-10H2,(H,21,24)(H3,20,22,23). The number of carbonyl (C=O) groups excluding carboxylic acids is 1. The molecule has 0 saturated heterocycles. The van der Waals surface area contributed by atoms with Crippen molar-refractivity contribution in [2.24, 2.45) is 16.6 Å². The molecule has 4 N–H and O–H groups in total. The van der Waals surface area contributed by atoms with Crippen LogP contribution in [0.4, 0.5) is 18.9 Å². The summed E-state index contributed by atoms with van der Waals surface area (Å²) < 4.78 is 40.0. The molecule has 0 unspecified atom stereocenters. The maximum atomic E-state index is 12.1. The average Bonchev–Trinajstić information content (AvgIpc) is 2.45. The number of nitrogens with two attached hydrogens (primary N) is 1. The van der Waals surface area contributed by atoms with Gasteiger partial charge in [0.1, 0.15) is 5.75 Å². The molecule has 1 aromatic rings. The number of nitrogens with zero attached hydrogens (tertiary/aromatic N) is 1. The number of rotatable bonds is 7. The maximum Gasteiger partial charge on any atom is 0.573 e. The molecule has 0 aliphatic heterocycles. The van der Waals surface area contributed by atoms with Gasteiger partial charge >= 0.3 is 6.36 Å². The first-order valence-corrected chi connectivity index (χ1v) is 8.04. The predicted octanol–water partition coefficient (Wildman–Crippen LogP) is 2.62. The Hall–Kier alpha value is -2.45. The van der Waals surface area contributed by atoms with Crippen LogP contribution in [0.5, 0.6) is 5.75 Å². The molecule has 1 fully saturated rings. The molecule has 1 aromatic carbocycles. The molecule has 0 aromatic heterocycles. The van der Waals surface area contributed by atoms with Gasteiger partial charge in [-0.15, -0.1) is 13.2 Å². The summed E-state index contributed by atoms with van der Waals surface area (Å²) in [6.07, 6.45) is -1.02. The highest BCUT2D eigenvalue weighted by Gasteiger charge is 2.30.